The number of carbonyl (C=O) groups is 1. The number of oxime groups is 1. The average Bonchev–Trinajstić information content (AvgIpc) is 2.72. The number of carbonyl (C=O) groups excluding carboxylic acids is 1. The molecule has 3 rings (SSSR count). The van der Waals surface area contributed by atoms with Crippen molar-refractivity contribution in [3.63, 3.8) is 0 Å². The zero-order valence-corrected chi connectivity index (χ0v) is 15.0. The molecule has 3 aromatic rings. The molecule has 1 heterocycles. The molecule has 0 atom stereocenters. The molecule has 0 aliphatic carbocycles. The largest absolute Gasteiger partial charge is 0.488 e. The molecule has 0 amide bonds. The van der Waals surface area contributed by atoms with E-state index in [1.54, 1.807) is 36.5 Å². The van der Waals surface area contributed by atoms with E-state index < -0.39 is 5.97 Å². The Morgan fingerprint density at radius 3 is 2.59 bits per heavy atom. The number of ether oxygens (including phenoxy) is 1. The van der Waals surface area contributed by atoms with Crippen LogP contribution in [0.25, 0.3) is 0 Å². The van der Waals surface area contributed by atoms with Crippen LogP contribution in [0, 0.1) is 0 Å². The number of benzene rings is 2. The number of hydrogen-bond acceptors (Lipinski definition) is 5. The minimum absolute atomic E-state index is 0.0160. The van der Waals surface area contributed by atoms with E-state index in [9.17, 15) is 4.79 Å². The van der Waals surface area contributed by atoms with Crippen LogP contribution in [-0.4, -0.2) is 16.8 Å². The van der Waals surface area contributed by atoms with Gasteiger partial charge in [0.05, 0.1) is 0 Å². The van der Waals surface area contributed by atoms with Crippen molar-refractivity contribution in [3.05, 3.63) is 94.8 Å². The van der Waals surface area contributed by atoms with Gasteiger partial charge < -0.3 is 15.3 Å². The maximum absolute atomic E-state index is 12.4. The summed E-state index contributed by atoms with van der Waals surface area (Å²) in [6, 6.07) is 19.4. The van der Waals surface area contributed by atoms with Gasteiger partial charge in [0, 0.05) is 11.2 Å². The molecule has 27 heavy (non-hydrogen) atoms. The summed E-state index contributed by atoms with van der Waals surface area (Å²) in [6.45, 7) is 0.294. The molecule has 0 aliphatic heterocycles. The Morgan fingerprint density at radius 2 is 1.85 bits per heavy atom. The van der Waals surface area contributed by atoms with Crippen molar-refractivity contribution in [2.24, 2.45) is 10.9 Å². The van der Waals surface area contributed by atoms with Gasteiger partial charge in [0.1, 0.15) is 23.6 Å². The lowest BCUT2D eigenvalue weighted by atomic mass is 10.2. The van der Waals surface area contributed by atoms with Crippen LogP contribution in [-0.2, 0) is 11.4 Å². The second kappa shape index (κ2) is 8.82. The Kier molecular flexibility index (Phi) is 6.02. The summed E-state index contributed by atoms with van der Waals surface area (Å²) >= 11 is 6.00. The lowest BCUT2D eigenvalue weighted by Crippen LogP contribution is -2.16. The molecule has 1 aromatic heterocycles. The van der Waals surface area contributed by atoms with Crippen LogP contribution in [0.5, 0.6) is 5.75 Å². The first-order chi connectivity index (χ1) is 13.1. The quantitative estimate of drug-likeness (QED) is 0.304. The van der Waals surface area contributed by atoms with E-state index in [-0.39, 0.29) is 11.4 Å². The first-order valence-corrected chi connectivity index (χ1v) is 8.44. The smallest absolute Gasteiger partial charge is 0.369 e. The summed E-state index contributed by atoms with van der Waals surface area (Å²) in [5.41, 5.74) is 7.29. The number of aromatic nitrogens is 1. The summed E-state index contributed by atoms with van der Waals surface area (Å²) in [5, 5.41) is 4.01. The number of nitrogens with two attached hydrogens (primary N) is 1. The van der Waals surface area contributed by atoms with Crippen molar-refractivity contribution in [2.45, 2.75) is 6.61 Å². The van der Waals surface area contributed by atoms with Crippen molar-refractivity contribution in [3.8, 4) is 5.75 Å². The van der Waals surface area contributed by atoms with Crippen LogP contribution < -0.4 is 10.5 Å². The number of halogens is 1. The summed E-state index contributed by atoms with van der Waals surface area (Å²) < 4.78 is 5.74. The Hall–Kier alpha value is -3.38. The van der Waals surface area contributed by atoms with Crippen molar-refractivity contribution < 1.29 is 14.4 Å². The fourth-order valence-electron chi connectivity index (χ4n) is 2.22. The van der Waals surface area contributed by atoms with E-state index in [1.165, 1.54) is 6.07 Å². The molecule has 0 radical (unpaired) electrons. The van der Waals surface area contributed by atoms with Gasteiger partial charge in [-0.1, -0.05) is 53.2 Å². The first kappa shape index (κ1) is 18.4. The molecule has 2 aromatic carbocycles. The fraction of sp³-hybridized carbons (Fsp3) is 0.0500. The van der Waals surface area contributed by atoms with E-state index in [1.807, 2.05) is 30.3 Å². The predicted molar refractivity (Wildman–Crippen MR) is 103 cm³/mol. The Balaban J connectivity index is 1.74. The van der Waals surface area contributed by atoms with Crippen LogP contribution in [0.2, 0.25) is 5.02 Å². The van der Waals surface area contributed by atoms with E-state index in [0.29, 0.717) is 23.1 Å². The summed E-state index contributed by atoms with van der Waals surface area (Å²) in [6.07, 6.45) is 1.56. The molecule has 0 saturated carbocycles. The normalized spacial score (nSPS) is 11.1. The minimum atomic E-state index is -0.737. The number of hydrogen-bond donors (Lipinski definition) is 1. The highest BCUT2D eigenvalue weighted by atomic mass is 35.5. The Morgan fingerprint density at radius 1 is 1.07 bits per heavy atom. The van der Waals surface area contributed by atoms with Crippen LogP contribution in [0.15, 0.2) is 78.1 Å². The number of nitrogens with zero attached hydrogens (tertiary/aromatic N) is 2. The first-order valence-electron chi connectivity index (χ1n) is 8.06. The second-order valence-electron chi connectivity index (χ2n) is 5.49. The number of amidine groups is 1. The van der Waals surface area contributed by atoms with E-state index in [4.69, 9.17) is 26.9 Å². The molecule has 0 spiro atoms. The average molecular weight is 382 g/mol. The highest BCUT2D eigenvalue weighted by Gasteiger charge is 2.16. The minimum Gasteiger partial charge on any atom is -0.488 e. The Bertz CT molecular complexity index is 947. The molecular weight excluding hydrogens is 366 g/mol. The summed E-state index contributed by atoms with van der Waals surface area (Å²) in [4.78, 5) is 21.4. The van der Waals surface area contributed by atoms with Crippen LogP contribution in [0.1, 0.15) is 21.6 Å². The van der Waals surface area contributed by atoms with Gasteiger partial charge in [0.2, 0.25) is 0 Å². The van der Waals surface area contributed by atoms with Crippen molar-refractivity contribution in [2.75, 3.05) is 0 Å². The van der Waals surface area contributed by atoms with Gasteiger partial charge in [-0.25, -0.2) is 4.79 Å². The molecule has 0 aliphatic rings. The summed E-state index contributed by atoms with van der Waals surface area (Å²) in [7, 11) is 0. The lowest BCUT2D eigenvalue weighted by molar-refractivity contribution is 0.0511. The molecular formula is C20H16ClN3O3. The lowest BCUT2D eigenvalue weighted by Gasteiger charge is -2.10. The van der Waals surface area contributed by atoms with Gasteiger partial charge in [0.25, 0.3) is 0 Å². The van der Waals surface area contributed by atoms with Gasteiger partial charge in [-0.3, -0.25) is 4.98 Å². The summed E-state index contributed by atoms with van der Waals surface area (Å²) in [5.74, 6) is -0.419. The zero-order valence-electron chi connectivity index (χ0n) is 14.2. The molecule has 6 nitrogen and oxygen atoms in total. The topological polar surface area (TPSA) is 86.8 Å². The van der Waals surface area contributed by atoms with E-state index >= 15 is 0 Å². The zero-order chi connectivity index (χ0) is 19.1. The monoisotopic (exact) mass is 381 g/mol. The third-order valence-electron chi connectivity index (χ3n) is 3.55. The molecule has 2 N–H and O–H groups in total. The van der Waals surface area contributed by atoms with Gasteiger partial charge in [0.15, 0.2) is 5.84 Å². The molecule has 0 unspecified atom stereocenters. The third-order valence-corrected chi connectivity index (χ3v) is 3.79. The maximum Gasteiger partial charge on any atom is 0.369 e. The van der Waals surface area contributed by atoms with Gasteiger partial charge in [-0.15, -0.1) is 0 Å². The van der Waals surface area contributed by atoms with Crippen LogP contribution in [0.4, 0.5) is 0 Å². The predicted octanol–water partition coefficient (Wildman–Crippen LogP) is 3.79. The van der Waals surface area contributed by atoms with Crippen LogP contribution >= 0.6 is 11.6 Å². The molecule has 7 heteroatoms. The highest BCUT2D eigenvalue weighted by Crippen LogP contribution is 2.25. The molecule has 136 valence electrons. The van der Waals surface area contributed by atoms with E-state index in [2.05, 4.69) is 10.1 Å². The van der Waals surface area contributed by atoms with Crippen LogP contribution in [0.3, 0.4) is 0 Å². The number of rotatable bonds is 6. The molecule has 0 saturated heterocycles. The van der Waals surface area contributed by atoms with Crippen molar-refractivity contribution in [1.29, 1.82) is 0 Å². The standard InChI is InChI=1S/C20H16ClN3O3/c21-15-9-10-18(26-13-14-6-2-1-3-7-14)16(12-15)20(25)27-24-19(22)17-8-4-5-11-23-17/h1-12H,13H2,(H2,22,24). The van der Waals surface area contributed by atoms with Gasteiger partial charge in [-0.2, -0.15) is 0 Å². The van der Waals surface area contributed by atoms with Gasteiger partial charge >= 0.3 is 5.97 Å². The molecule has 0 bridgehead atoms. The molecule has 0 fully saturated rings. The van der Waals surface area contributed by atoms with E-state index in [0.717, 1.165) is 5.56 Å². The second-order valence-corrected chi connectivity index (χ2v) is 5.92. The SMILES string of the molecule is N/C(=N/OC(=O)c1cc(Cl)ccc1OCc1ccccc1)c1ccccn1. The van der Waals surface area contributed by atoms with Gasteiger partial charge in [-0.05, 0) is 35.9 Å². The Labute approximate surface area is 161 Å². The van der Waals surface area contributed by atoms with Crippen molar-refractivity contribution in [1.82, 2.24) is 4.98 Å². The third kappa shape index (κ3) is 5.05. The van der Waals surface area contributed by atoms with Crippen molar-refractivity contribution >= 4 is 23.4 Å². The highest BCUT2D eigenvalue weighted by molar-refractivity contribution is 6.31. The maximum atomic E-state index is 12.4. The fourth-order valence-corrected chi connectivity index (χ4v) is 2.40. The number of pyridine rings is 1.